The minimum Gasteiger partial charge on any atom is -0.345 e. The Kier molecular flexibility index (Phi) is 7.86. The summed E-state index contributed by atoms with van der Waals surface area (Å²) < 4.78 is 2.14. The van der Waals surface area contributed by atoms with E-state index >= 15 is 0 Å². The van der Waals surface area contributed by atoms with Crippen molar-refractivity contribution in [3.63, 3.8) is 0 Å². The van der Waals surface area contributed by atoms with Crippen LogP contribution in [0, 0.1) is 11.8 Å². The third kappa shape index (κ3) is 5.80. The molecular weight excluding hydrogens is 380 g/mol. The van der Waals surface area contributed by atoms with Gasteiger partial charge >= 0.3 is 0 Å². The first-order valence-electron chi connectivity index (χ1n) is 11.5. The van der Waals surface area contributed by atoms with E-state index < -0.39 is 0 Å². The maximum absolute atomic E-state index is 13.0. The minimum absolute atomic E-state index is 0.00859. The second-order valence-corrected chi connectivity index (χ2v) is 9.52. The zero-order valence-corrected chi connectivity index (χ0v) is 19.1. The summed E-state index contributed by atoms with van der Waals surface area (Å²) >= 11 is 0. The van der Waals surface area contributed by atoms with Gasteiger partial charge in [-0.1, -0.05) is 33.1 Å². The van der Waals surface area contributed by atoms with Gasteiger partial charge in [-0.2, -0.15) is 0 Å². The van der Waals surface area contributed by atoms with Crippen molar-refractivity contribution in [2.75, 3.05) is 33.7 Å². The Bertz CT molecular complexity index is 723. The van der Waals surface area contributed by atoms with Gasteiger partial charge in [-0.25, -0.2) is 0 Å². The number of amides is 2. The van der Waals surface area contributed by atoms with Crippen LogP contribution in [0.3, 0.4) is 0 Å². The fourth-order valence-corrected chi connectivity index (χ4v) is 4.66. The Hall–Kier alpha value is -1.96. The van der Waals surface area contributed by atoms with Gasteiger partial charge < -0.3 is 19.7 Å². The lowest BCUT2D eigenvalue weighted by molar-refractivity contribution is -0.136. The van der Waals surface area contributed by atoms with E-state index in [4.69, 9.17) is 0 Å². The summed E-state index contributed by atoms with van der Waals surface area (Å²) in [5, 5.41) is 12.1. The molecule has 168 valence electrons. The number of rotatable bonds is 7. The van der Waals surface area contributed by atoms with E-state index in [-0.39, 0.29) is 17.9 Å². The Morgan fingerprint density at radius 3 is 2.50 bits per heavy atom. The highest BCUT2D eigenvalue weighted by molar-refractivity contribution is 5.79. The first-order valence-corrected chi connectivity index (χ1v) is 11.5. The summed E-state index contributed by atoms with van der Waals surface area (Å²) in [7, 11) is 3.77. The molecule has 0 bridgehead atoms. The molecule has 1 atom stereocenters. The van der Waals surface area contributed by atoms with Crippen LogP contribution in [0.1, 0.15) is 70.1 Å². The quantitative estimate of drug-likeness (QED) is 0.732. The van der Waals surface area contributed by atoms with Crippen molar-refractivity contribution < 1.29 is 9.59 Å². The molecule has 1 aliphatic heterocycles. The number of hydrogen-bond donors (Lipinski definition) is 1. The molecule has 0 spiro atoms. The minimum atomic E-state index is -0.167. The van der Waals surface area contributed by atoms with Crippen LogP contribution in [0.25, 0.3) is 0 Å². The van der Waals surface area contributed by atoms with Crippen LogP contribution in [0.15, 0.2) is 0 Å². The molecule has 30 heavy (non-hydrogen) atoms. The zero-order valence-electron chi connectivity index (χ0n) is 19.1. The Balaban J connectivity index is 1.71. The second-order valence-electron chi connectivity index (χ2n) is 9.52. The van der Waals surface area contributed by atoms with Crippen LogP contribution in [-0.2, 0) is 22.6 Å². The molecule has 1 aromatic heterocycles. The van der Waals surface area contributed by atoms with Crippen LogP contribution >= 0.6 is 0 Å². The van der Waals surface area contributed by atoms with E-state index in [2.05, 4.69) is 33.9 Å². The highest BCUT2D eigenvalue weighted by Crippen LogP contribution is 2.27. The Morgan fingerprint density at radius 2 is 1.83 bits per heavy atom. The lowest BCUT2D eigenvalue weighted by atomic mass is 9.88. The highest BCUT2D eigenvalue weighted by atomic mass is 16.2. The SMILES string of the molecule is CC(C)C[C@H](NC(=O)CN(C)C)c1nnc2n1CCN(C(=O)C1CCCCC1)CC2. The first kappa shape index (κ1) is 22.7. The number of carbonyl (C=O) groups is 2. The normalized spacial score (nSPS) is 18.9. The van der Waals surface area contributed by atoms with Crippen molar-refractivity contribution in [2.45, 2.75) is 71.4 Å². The van der Waals surface area contributed by atoms with E-state index in [1.165, 1.54) is 19.3 Å². The van der Waals surface area contributed by atoms with Gasteiger partial charge in [0, 0.05) is 32.0 Å². The molecule has 0 unspecified atom stereocenters. The lowest BCUT2D eigenvalue weighted by Gasteiger charge is -2.28. The smallest absolute Gasteiger partial charge is 0.234 e. The van der Waals surface area contributed by atoms with Gasteiger partial charge in [0.15, 0.2) is 5.82 Å². The number of nitrogens with one attached hydrogen (secondary N) is 1. The van der Waals surface area contributed by atoms with Crippen molar-refractivity contribution in [3.8, 4) is 0 Å². The molecule has 2 heterocycles. The number of hydrogen-bond acceptors (Lipinski definition) is 5. The van der Waals surface area contributed by atoms with Crippen LogP contribution < -0.4 is 5.32 Å². The van der Waals surface area contributed by atoms with Gasteiger partial charge in [0.2, 0.25) is 11.8 Å². The molecule has 0 aromatic carbocycles. The number of aromatic nitrogens is 3. The van der Waals surface area contributed by atoms with Crippen molar-refractivity contribution in [1.29, 1.82) is 0 Å². The van der Waals surface area contributed by atoms with Crippen LogP contribution in [0.4, 0.5) is 0 Å². The average Bonchev–Trinajstić information content (AvgIpc) is 2.98. The maximum atomic E-state index is 13.0. The molecule has 1 saturated carbocycles. The molecule has 0 saturated heterocycles. The summed E-state index contributed by atoms with van der Waals surface area (Å²) in [6, 6.07) is -0.167. The van der Waals surface area contributed by atoms with E-state index in [0.29, 0.717) is 44.4 Å². The third-order valence-electron chi connectivity index (χ3n) is 6.13. The first-order chi connectivity index (χ1) is 14.3. The van der Waals surface area contributed by atoms with E-state index in [9.17, 15) is 9.59 Å². The van der Waals surface area contributed by atoms with Gasteiger partial charge in [0.25, 0.3) is 0 Å². The zero-order chi connectivity index (χ0) is 21.7. The predicted octanol–water partition coefficient (Wildman–Crippen LogP) is 2.01. The van der Waals surface area contributed by atoms with Gasteiger partial charge in [-0.05, 0) is 39.3 Å². The molecule has 1 aromatic rings. The number of nitrogens with zero attached hydrogens (tertiary/aromatic N) is 5. The van der Waals surface area contributed by atoms with Gasteiger partial charge in [-0.3, -0.25) is 9.59 Å². The maximum Gasteiger partial charge on any atom is 0.234 e. The van der Waals surface area contributed by atoms with Crippen molar-refractivity contribution >= 4 is 11.8 Å². The predicted molar refractivity (Wildman–Crippen MR) is 116 cm³/mol. The summed E-state index contributed by atoms with van der Waals surface area (Å²) in [5.74, 6) is 2.65. The summed E-state index contributed by atoms with van der Waals surface area (Å²) in [4.78, 5) is 29.3. The molecule has 2 aliphatic rings. The second kappa shape index (κ2) is 10.4. The standard InChI is InChI=1S/C22H38N6O2/c1-16(2)14-18(23-20(29)15-26(3)4)21-25-24-19-10-11-27(12-13-28(19)21)22(30)17-8-6-5-7-9-17/h16-18H,5-15H2,1-4H3,(H,23,29)/t18-/m0/s1. The van der Waals surface area contributed by atoms with E-state index in [1.807, 2.05) is 23.9 Å². The lowest BCUT2D eigenvalue weighted by Crippen LogP contribution is -2.39. The van der Waals surface area contributed by atoms with Crippen molar-refractivity contribution in [2.24, 2.45) is 11.8 Å². The summed E-state index contributed by atoms with van der Waals surface area (Å²) in [6.07, 6.45) is 7.17. The monoisotopic (exact) mass is 418 g/mol. The number of likely N-dealkylation sites (N-methyl/N-ethyl adjacent to an activating group) is 1. The molecule has 8 heteroatoms. The van der Waals surface area contributed by atoms with Crippen LogP contribution in [0.2, 0.25) is 0 Å². The van der Waals surface area contributed by atoms with Crippen LogP contribution in [0.5, 0.6) is 0 Å². The summed E-state index contributed by atoms with van der Waals surface area (Å²) in [6.45, 7) is 6.72. The molecule has 2 amide bonds. The van der Waals surface area contributed by atoms with E-state index in [1.54, 1.807) is 0 Å². The molecular formula is C22H38N6O2. The summed E-state index contributed by atoms with van der Waals surface area (Å²) in [5.41, 5.74) is 0. The molecule has 0 radical (unpaired) electrons. The fraction of sp³-hybridized carbons (Fsp3) is 0.818. The molecule has 1 aliphatic carbocycles. The Morgan fingerprint density at radius 1 is 1.10 bits per heavy atom. The largest absolute Gasteiger partial charge is 0.345 e. The Labute approximate surface area is 180 Å². The highest BCUT2D eigenvalue weighted by Gasteiger charge is 2.30. The molecule has 3 rings (SSSR count). The molecule has 8 nitrogen and oxygen atoms in total. The van der Waals surface area contributed by atoms with Crippen molar-refractivity contribution in [3.05, 3.63) is 11.6 Å². The average molecular weight is 419 g/mol. The van der Waals surface area contributed by atoms with Gasteiger partial charge in [-0.15, -0.1) is 10.2 Å². The topological polar surface area (TPSA) is 83.4 Å². The number of carbonyl (C=O) groups excluding carboxylic acids is 2. The molecule has 1 N–H and O–H groups in total. The van der Waals surface area contributed by atoms with Gasteiger partial charge in [0.05, 0.1) is 12.6 Å². The van der Waals surface area contributed by atoms with Crippen LogP contribution in [-0.4, -0.2) is 70.1 Å². The van der Waals surface area contributed by atoms with Crippen molar-refractivity contribution in [1.82, 2.24) is 29.9 Å². The third-order valence-corrected chi connectivity index (χ3v) is 6.13. The fourth-order valence-electron chi connectivity index (χ4n) is 4.66. The number of fused-ring (bicyclic) bond motifs is 1. The molecule has 1 fully saturated rings. The van der Waals surface area contributed by atoms with Gasteiger partial charge in [0.1, 0.15) is 5.82 Å². The van der Waals surface area contributed by atoms with E-state index in [0.717, 1.165) is 30.9 Å².